The van der Waals surface area contributed by atoms with Crippen molar-refractivity contribution < 1.29 is 14.3 Å². The lowest BCUT2D eigenvalue weighted by atomic mass is 10.2. The average Bonchev–Trinajstić information content (AvgIpc) is 2.80. The zero-order valence-corrected chi connectivity index (χ0v) is 11.6. The van der Waals surface area contributed by atoms with Gasteiger partial charge in [-0.05, 0) is 31.0 Å². The van der Waals surface area contributed by atoms with E-state index in [1.54, 1.807) is 18.2 Å². The average molecular weight is 314 g/mol. The fraction of sp³-hybridized carbons (Fsp3) is 0.462. The van der Waals surface area contributed by atoms with E-state index in [9.17, 15) is 4.79 Å². The molecule has 0 aromatic heterocycles. The third kappa shape index (κ3) is 3.71. The lowest BCUT2D eigenvalue weighted by Crippen LogP contribution is -2.13. The first-order chi connectivity index (χ1) is 8.65. The Morgan fingerprint density at radius 2 is 2.33 bits per heavy atom. The van der Waals surface area contributed by atoms with Gasteiger partial charge < -0.3 is 15.2 Å². The van der Waals surface area contributed by atoms with Crippen molar-refractivity contribution in [2.24, 2.45) is 0 Å². The van der Waals surface area contributed by atoms with Crippen LogP contribution in [-0.4, -0.2) is 25.3 Å². The van der Waals surface area contributed by atoms with Gasteiger partial charge in [-0.3, -0.25) is 0 Å². The third-order valence-electron chi connectivity index (χ3n) is 2.85. The fourth-order valence-electron chi connectivity index (χ4n) is 1.97. The van der Waals surface area contributed by atoms with Crippen LogP contribution in [0.3, 0.4) is 0 Å². The van der Waals surface area contributed by atoms with Crippen LogP contribution in [0.2, 0.25) is 0 Å². The largest absolute Gasteiger partial charge is 0.462 e. The number of benzene rings is 1. The molecule has 0 aliphatic carbocycles. The smallest absolute Gasteiger partial charge is 0.338 e. The van der Waals surface area contributed by atoms with Gasteiger partial charge in [-0.1, -0.05) is 15.9 Å². The van der Waals surface area contributed by atoms with Crippen LogP contribution >= 0.6 is 15.9 Å². The summed E-state index contributed by atoms with van der Waals surface area (Å²) in [6.45, 7) is 1.21. The zero-order chi connectivity index (χ0) is 13.0. The molecule has 0 saturated carbocycles. The first-order valence-corrected chi connectivity index (χ1v) is 6.79. The molecule has 1 atom stereocenters. The van der Waals surface area contributed by atoms with E-state index in [1.165, 1.54) is 0 Å². The normalized spacial score (nSPS) is 18.8. The van der Waals surface area contributed by atoms with Gasteiger partial charge in [-0.25, -0.2) is 4.79 Å². The first kappa shape index (κ1) is 13.4. The summed E-state index contributed by atoms with van der Waals surface area (Å²) in [4.78, 5) is 11.8. The summed E-state index contributed by atoms with van der Waals surface area (Å²) in [5.74, 6) is -0.346. The van der Waals surface area contributed by atoms with Crippen molar-refractivity contribution in [3.63, 3.8) is 0 Å². The van der Waals surface area contributed by atoms with Gasteiger partial charge in [0.25, 0.3) is 0 Å². The maximum Gasteiger partial charge on any atom is 0.338 e. The van der Waals surface area contributed by atoms with Crippen LogP contribution in [0, 0.1) is 0 Å². The van der Waals surface area contributed by atoms with Crippen molar-refractivity contribution >= 4 is 27.6 Å². The van der Waals surface area contributed by atoms with Crippen molar-refractivity contribution in [2.45, 2.75) is 25.4 Å². The lowest BCUT2D eigenvalue weighted by Gasteiger charge is -2.10. The molecule has 5 heteroatoms. The summed E-state index contributed by atoms with van der Waals surface area (Å²) in [6, 6.07) is 5.05. The van der Waals surface area contributed by atoms with Crippen molar-refractivity contribution in [3.8, 4) is 0 Å². The number of carbonyl (C=O) groups is 1. The molecule has 1 unspecified atom stereocenters. The minimum Gasteiger partial charge on any atom is -0.462 e. The molecule has 2 N–H and O–H groups in total. The van der Waals surface area contributed by atoms with Crippen molar-refractivity contribution in [2.75, 3.05) is 18.9 Å². The van der Waals surface area contributed by atoms with Crippen LogP contribution in [0.4, 0.5) is 5.69 Å². The van der Waals surface area contributed by atoms with E-state index < -0.39 is 0 Å². The molecule has 1 aliphatic heterocycles. The number of esters is 1. The number of carbonyl (C=O) groups excluding carboxylic acids is 1. The summed E-state index contributed by atoms with van der Waals surface area (Å²) in [6.07, 6.45) is 3.16. The first-order valence-electron chi connectivity index (χ1n) is 6.00. The maximum absolute atomic E-state index is 11.8. The number of ether oxygens (including phenoxy) is 2. The summed E-state index contributed by atoms with van der Waals surface area (Å²) < 4.78 is 11.4. The number of rotatable bonds is 4. The highest BCUT2D eigenvalue weighted by atomic mass is 79.9. The van der Waals surface area contributed by atoms with Crippen LogP contribution < -0.4 is 5.73 Å². The highest BCUT2D eigenvalue weighted by molar-refractivity contribution is 9.10. The topological polar surface area (TPSA) is 61.6 Å². The predicted octanol–water partition coefficient (Wildman–Crippen LogP) is 2.76. The van der Waals surface area contributed by atoms with Crippen LogP contribution in [-0.2, 0) is 9.47 Å². The Bertz CT molecular complexity index is 410. The number of hydrogen-bond acceptors (Lipinski definition) is 4. The van der Waals surface area contributed by atoms with Gasteiger partial charge in [0.05, 0.1) is 18.3 Å². The molecule has 1 heterocycles. The standard InChI is InChI=1S/C13H16BrNO3/c14-10-6-9(7-11(15)8-10)13(16)18-5-3-12-2-1-4-17-12/h6-8,12H,1-5,15H2. The molecule has 2 rings (SSSR count). The predicted molar refractivity (Wildman–Crippen MR) is 72.4 cm³/mol. The van der Waals surface area contributed by atoms with E-state index in [0.717, 1.165) is 30.3 Å². The maximum atomic E-state index is 11.8. The van der Waals surface area contributed by atoms with Gasteiger partial charge in [0.15, 0.2) is 0 Å². The highest BCUT2D eigenvalue weighted by Crippen LogP contribution is 2.19. The number of anilines is 1. The Kier molecular flexibility index (Phi) is 4.60. The second kappa shape index (κ2) is 6.20. The van der Waals surface area contributed by atoms with Gasteiger partial charge in [-0.2, -0.15) is 0 Å². The zero-order valence-electron chi connectivity index (χ0n) is 10.0. The second-order valence-electron chi connectivity index (χ2n) is 4.33. The molecule has 0 bridgehead atoms. The molecule has 98 valence electrons. The summed E-state index contributed by atoms with van der Waals surface area (Å²) in [5, 5.41) is 0. The molecule has 18 heavy (non-hydrogen) atoms. The molecule has 0 amide bonds. The van der Waals surface area contributed by atoms with E-state index in [2.05, 4.69) is 15.9 Å². The number of nitrogen functional groups attached to an aromatic ring is 1. The van der Waals surface area contributed by atoms with Gasteiger partial charge in [-0.15, -0.1) is 0 Å². The Hall–Kier alpha value is -1.07. The minimum atomic E-state index is -0.346. The molecular formula is C13H16BrNO3. The van der Waals surface area contributed by atoms with Crippen LogP contribution in [0.15, 0.2) is 22.7 Å². The molecule has 0 spiro atoms. The van der Waals surface area contributed by atoms with Crippen molar-refractivity contribution in [3.05, 3.63) is 28.2 Å². The molecule has 1 aromatic carbocycles. The van der Waals surface area contributed by atoms with Crippen molar-refractivity contribution in [1.29, 1.82) is 0 Å². The number of halogens is 1. The molecule has 1 fully saturated rings. The van der Waals surface area contributed by atoms with E-state index in [4.69, 9.17) is 15.2 Å². The molecule has 1 aliphatic rings. The van der Waals surface area contributed by atoms with E-state index in [0.29, 0.717) is 17.9 Å². The van der Waals surface area contributed by atoms with E-state index in [-0.39, 0.29) is 12.1 Å². The lowest BCUT2D eigenvalue weighted by molar-refractivity contribution is 0.0386. The summed E-state index contributed by atoms with van der Waals surface area (Å²) >= 11 is 3.30. The molecular weight excluding hydrogens is 298 g/mol. The Labute approximate surface area is 115 Å². The quantitative estimate of drug-likeness (QED) is 0.686. The summed E-state index contributed by atoms with van der Waals surface area (Å²) in [7, 11) is 0. The van der Waals surface area contributed by atoms with Gasteiger partial charge in [0.1, 0.15) is 0 Å². The van der Waals surface area contributed by atoms with Gasteiger partial charge in [0.2, 0.25) is 0 Å². The van der Waals surface area contributed by atoms with Crippen molar-refractivity contribution in [1.82, 2.24) is 0 Å². The monoisotopic (exact) mass is 313 g/mol. The van der Waals surface area contributed by atoms with Crippen LogP contribution in [0.5, 0.6) is 0 Å². The molecule has 0 radical (unpaired) electrons. The minimum absolute atomic E-state index is 0.241. The Morgan fingerprint density at radius 3 is 3.00 bits per heavy atom. The van der Waals surface area contributed by atoms with Crippen LogP contribution in [0.1, 0.15) is 29.6 Å². The highest BCUT2D eigenvalue weighted by Gasteiger charge is 2.16. The van der Waals surface area contributed by atoms with Gasteiger partial charge >= 0.3 is 5.97 Å². The van der Waals surface area contributed by atoms with E-state index in [1.807, 2.05) is 0 Å². The Morgan fingerprint density at radius 1 is 1.50 bits per heavy atom. The second-order valence-corrected chi connectivity index (χ2v) is 5.25. The summed E-state index contributed by atoms with van der Waals surface area (Å²) in [5.41, 5.74) is 6.67. The number of nitrogens with two attached hydrogens (primary N) is 1. The molecule has 1 saturated heterocycles. The van der Waals surface area contributed by atoms with Gasteiger partial charge in [0, 0.05) is 23.2 Å². The molecule has 4 nitrogen and oxygen atoms in total. The van der Waals surface area contributed by atoms with E-state index >= 15 is 0 Å². The SMILES string of the molecule is Nc1cc(Br)cc(C(=O)OCCC2CCCO2)c1. The number of hydrogen-bond donors (Lipinski definition) is 1. The Balaban J connectivity index is 1.83. The molecule has 1 aromatic rings. The fourth-order valence-corrected chi connectivity index (χ4v) is 2.48. The third-order valence-corrected chi connectivity index (χ3v) is 3.31. The van der Waals surface area contributed by atoms with Crippen LogP contribution in [0.25, 0.3) is 0 Å².